The van der Waals surface area contributed by atoms with Crippen molar-refractivity contribution in [3.63, 3.8) is 0 Å². The number of hydrogen-bond donors (Lipinski definition) is 3. The molecule has 1 amide bonds. The molecule has 0 saturated heterocycles. The first-order valence-electron chi connectivity index (χ1n) is 11.8. The highest BCUT2D eigenvalue weighted by Gasteiger charge is 2.20. The van der Waals surface area contributed by atoms with E-state index in [0.717, 1.165) is 33.9 Å². The third kappa shape index (κ3) is 5.98. The van der Waals surface area contributed by atoms with Gasteiger partial charge in [0.25, 0.3) is 0 Å². The molecule has 4 aromatic carbocycles. The number of nitrogens with zero attached hydrogens (tertiary/aromatic N) is 1. The lowest BCUT2D eigenvalue weighted by atomic mass is 9.94. The van der Waals surface area contributed by atoms with Gasteiger partial charge in [-0.1, -0.05) is 48.5 Å². The lowest BCUT2D eigenvalue weighted by molar-refractivity contribution is -0.117. The molecular formula is C30H30N4O2. The summed E-state index contributed by atoms with van der Waals surface area (Å²) < 4.78 is 5.90. The first-order chi connectivity index (χ1) is 17.6. The molecule has 1 unspecified atom stereocenters. The third-order valence-corrected chi connectivity index (χ3v) is 5.88. The second-order valence-electron chi connectivity index (χ2n) is 8.34. The van der Waals surface area contributed by atoms with Crippen LogP contribution in [0.2, 0.25) is 0 Å². The van der Waals surface area contributed by atoms with E-state index in [0.29, 0.717) is 24.3 Å². The molecule has 4 aromatic rings. The Bertz CT molecular complexity index is 1320. The normalized spacial score (nSPS) is 12.1. The molecule has 6 heteroatoms. The molecule has 5 N–H and O–H groups in total. The minimum absolute atomic E-state index is 0.111. The van der Waals surface area contributed by atoms with Crippen LogP contribution in [0.15, 0.2) is 108 Å². The molecule has 0 bridgehead atoms. The molecule has 0 fully saturated rings. The highest BCUT2D eigenvalue weighted by atomic mass is 16.5. The summed E-state index contributed by atoms with van der Waals surface area (Å²) in [5, 5.41) is 3.03. The van der Waals surface area contributed by atoms with Crippen molar-refractivity contribution in [3.05, 3.63) is 120 Å². The molecule has 0 radical (unpaired) electrons. The molecule has 0 aliphatic rings. The number of aliphatic imine (C=N–C) groups is 1. The van der Waals surface area contributed by atoms with Crippen LogP contribution in [0.3, 0.4) is 0 Å². The van der Waals surface area contributed by atoms with Crippen LogP contribution in [0.4, 0.5) is 11.4 Å². The van der Waals surface area contributed by atoms with E-state index in [-0.39, 0.29) is 11.8 Å². The summed E-state index contributed by atoms with van der Waals surface area (Å²) in [6, 6.07) is 32.4. The average molecular weight is 479 g/mol. The van der Waals surface area contributed by atoms with E-state index < -0.39 is 0 Å². The van der Waals surface area contributed by atoms with E-state index in [9.17, 15) is 4.79 Å². The van der Waals surface area contributed by atoms with Gasteiger partial charge in [0, 0.05) is 29.5 Å². The number of rotatable bonds is 9. The molecule has 6 nitrogen and oxygen atoms in total. The largest absolute Gasteiger partial charge is 0.457 e. The van der Waals surface area contributed by atoms with Crippen LogP contribution < -0.4 is 21.5 Å². The van der Waals surface area contributed by atoms with Gasteiger partial charge in [-0.3, -0.25) is 9.79 Å². The zero-order valence-electron chi connectivity index (χ0n) is 20.2. The fraction of sp³-hybridized carbons (Fsp3) is 0.133. The van der Waals surface area contributed by atoms with Crippen LogP contribution in [-0.4, -0.2) is 25.2 Å². The lowest BCUT2D eigenvalue weighted by Crippen LogP contribution is -2.23. The minimum Gasteiger partial charge on any atom is -0.457 e. The molecule has 182 valence electrons. The van der Waals surface area contributed by atoms with Gasteiger partial charge >= 0.3 is 0 Å². The number of para-hydroxylation sites is 1. The topological polar surface area (TPSA) is 103 Å². The summed E-state index contributed by atoms with van der Waals surface area (Å²) in [5.74, 6) is 1.04. The Morgan fingerprint density at radius 1 is 0.889 bits per heavy atom. The molecular weight excluding hydrogens is 448 g/mol. The van der Waals surface area contributed by atoms with Crippen molar-refractivity contribution in [3.8, 4) is 11.5 Å². The van der Waals surface area contributed by atoms with Crippen molar-refractivity contribution in [2.75, 3.05) is 24.6 Å². The van der Waals surface area contributed by atoms with Crippen molar-refractivity contribution in [2.45, 2.75) is 12.3 Å². The van der Waals surface area contributed by atoms with Gasteiger partial charge in [0.15, 0.2) is 0 Å². The highest BCUT2D eigenvalue weighted by Crippen LogP contribution is 2.27. The van der Waals surface area contributed by atoms with Crippen LogP contribution in [0.25, 0.3) is 0 Å². The van der Waals surface area contributed by atoms with Crippen LogP contribution >= 0.6 is 0 Å². The number of anilines is 2. The number of nitrogens with one attached hydrogen (secondary N) is 1. The monoisotopic (exact) mass is 478 g/mol. The number of nitrogen functional groups attached to an aromatic ring is 1. The predicted octanol–water partition coefficient (Wildman–Crippen LogP) is 5.60. The molecule has 1 atom stereocenters. The maximum Gasteiger partial charge on any atom is 0.231 e. The number of hydrogen-bond acceptors (Lipinski definition) is 5. The summed E-state index contributed by atoms with van der Waals surface area (Å²) in [7, 11) is 1.72. The van der Waals surface area contributed by atoms with Crippen LogP contribution in [0, 0.1) is 0 Å². The van der Waals surface area contributed by atoms with Crippen LogP contribution in [0.1, 0.15) is 29.0 Å². The summed E-state index contributed by atoms with van der Waals surface area (Å²) in [6.45, 7) is 0.413. The Balaban J connectivity index is 1.55. The second kappa shape index (κ2) is 11.8. The molecule has 36 heavy (non-hydrogen) atoms. The van der Waals surface area contributed by atoms with Crippen molar-refractivity contribution in [1.82, 2.24) is 0 Å². The minimum atomic E-state index is -0.339. The van der Waals surface area contributed by atoms with Crippen molar-refractivity contribution in [2.24, 2.45) is 10.7 Å². The Labute approximate surface area is 211 Å². The molecule has 0 spiro atoms. The van der Waals surface area contributed by atoms with Gasteiger partial charge in [-0.05, 0) is 73.1 Å². The fourth-order valence-electron chi connectivity index (χ4n) is 4.08. The van der Waals surface area contributed by atoms with Gasteiger partial charge in [-0.15, -0.1) is 0 Å². The van der Waals surface area contributed by atoms with E-state index in [1.54, 1.807) is 19.2 Å². The fourth-order valence-corrected chi connectivity index (χ4v) is 4.08. The van der Waals surface area contributed by atoms with Gasteiger partial charge in [0.05, 0.1) is 11.6 Å². The average Bonchev–Trinajstić information content (AvgIpc) is 2.91. The zero-order chi connectivity index (χ0) is 25.3. The molecule has 4 rings (SSSR count). The first-order valence-corrected chi connectivity index (χ1v) is 11.8. The zero-order valence-corrected chi connectivity index (χ0v) is 20.2. The smallest absolute Gasteiger partial charge is 0.231 e. The molecule has 0 saturated carbocycles. The van der Waals surface area contributed by atoms with E-state index in [4.69, 9.17) is 16.2 Å². The maximum absolute atomic E-state index is 13.2. The van der Waals surface area contributed by atoms with Gasteiger partial charge in [-0.2, -0.15) is 0 Å². The predicted molar refractivity (Wildman–Crippen MR) is 147 cm³/mol. The van der Waals surface area contributed by atoms with Gasteiger partial charge < -0.3 is 21.5 Å². The second-order valence-corrected chi connectivity index (χ2v) is 8.34. The van der Waals surface area contributed by atoms with Gasteiger partial charge in [0.1, 0.15) is 11.5 Å². The number of benzene rings is 4. The number of carbonyl (C=O) groups is 1. The lowest BCUT2D eigenvalue weighted by Gasteiger charge is -2.18. The Kier molecular flexibility index (Phi) is 8.11. The Hall–Kier alpha value is -4.42. The Morgan fingerprint density at radius 3 is 2.17 bits per heavy atom. The van der Waals surface area contributed by atoms with E-state index in [2.05, 4.69) is 10.3 Å². The van der Waals surface area contributed by atoms with Crippen LogP contribution in [0.5, 0.6) is 11.5 Å². The maximum atomic E-state index is 13.2. The summed E-state index contributed by atoms with van der Waals surface area (Å²) in [4.78, 5) is 17.7. The summed E-state index contributed by atoms with van der Waals surface area (Å²) in [5.41, 5.74) is 16.6. The quantitative estimate of drug-likeness (QED) is 0.215. The van der Waals surface area contributed by atoms with Crippen molar-refractivity contribution in [1.29, 1.82) is 0 Å². The SMILES string of the molecule is CN=C(c1ccc(Oc2ccccc2)cc1)c1cc(NC(=O)C(CCN)c2ccccc2)ccc1N. The van der Waals surface area contributed by atoms with Gasteiger partial charge in [-0.25, -0.2) is 0 Å². The first kappa shape index (κ1) is 24.7. The number of amides is 1. The standard InChI is InChI=1S/C30H30N4O2/c1-33-29(22-12-15-25(16-13-22)36-24-10-6-3-7-11-24)27-20-23(14-17-28(27)32)34-30(35)26(18-19-31)21-8-4-2-5-9-21/h2-17,20,26H,18-19,31-32H2,1H3,(H,34,35). The summed E-state index contributed by atoms with van der Waals surface area (Å²) in [6.07, 6.45) is 0.552. The van der Waals surface area contributed by atoms with Crippen molar-refractivity contribution < 1.29 is 9.53 Å². The molecule has 0 aromatic heterocycles. The number of carbonyl (C=O) groups excluding carboxylic acids is 1. The molecule has 0 aliphatic heterocycles. The Morgan fingerprint density at radius 2 is 1.53 bits per heavy atom. The third-order valence-electron chi connectivity index (χ3n) is 5.88. The van der Waals surface area contributed by atoms with Crippen LogP contribution in [-0.2, 0) is 4.79 Å². The molecule has 0 heterocycles. The highest BCUT2D eigenvalue weighted by molar-refractivity contribution is 6.16. The summed E-state index contributed by atoms with van der Waals surface area (Å²) >= 11 is 0. The van der Waals surface area contributed by atoms with Gasteiger partial charge in [0.2, 0.25) is 5.91 Å². The molecule has 0 aliphatic carbocycles. The number of nitrogens with two attached hydrogens (primary N) is 2. The van der Waals surface area contributed by atoms with Crippen molar-refractivity contribution >= 4 is 23.0 Å². The van der Waals surface area contributed by atoms with E-state index in [1.165, 1.54) is 0 Å². The number of ether oxygens (including phenoxy) is 1. The van der Waals surface area contributed by atoms with E-state index in [1.807, 2.05) is 91.0 Å². The van der Waals surface area contributed by atoms with E-state index >= 15 is 0 Å².